The number of nitrogens with zero attached hydrogens (tertiary/aromatic N) is 4. The second kappa shape index (κ2) is 8.11. The molecule has 0 unspecified atom stereocenters. The van der Waals surface area contributed by atoms with Gasteiger partial charge in [0.2, 0.25) is 0 Å². The number of aryl methyl sites for hydroxylation is 2. The summed E-state index contributed by atoms with van der Waals surface area (Å²) in [4.78, 5) is 29.0. The average molecular weight is 386 g/mol. The maximum Gasteiger partial charge on any atom is 0.180 e. The van der Waals surface area contributed by atoms with E-state index in [1.165, 1.54) is 5.56 Å². The number of benzene rings is 1. The van der Waals surface area contributed by atoms with Crippen LogP contribution in [0.1, 0.15) is 40.0 Å². The third-order valence-corrected chi connectivity index (χ3v) is 5.76. The lowest BCUT2D eigenvalue weighted by molar-refractivity contribution is 0.0900. The molecule has 0 N–H and O–H groups in total. The van der Waals surface area contributed by atoms with Crippen molar-refractivity contribution in [2.24, 2.45) is 5.92 Å². The molecule has 0 spiro atoms. The average Bonchev–Trinajstić information content (AvgIpc) is 2.76. The van der Waals surface area contributed by atoms with Gasteiger partial charge >= 0.3 is 0 Å². The minimum absolute atomic E-state index is 0.0763. The van der Waals surface area contributed by atoms with Crippen LogP contribution in [-0.4, -0.2) is 33.8 Å². The van der Waals surface area contributed by atoms with Gasteiger partial charge in [-0.25, -0.2) is 9.97 Å². The predicted octanol–water partition coefficient (Wildman–Crippen LogP) is 4.56. The summed E-state index contributed by atoms with van der Waals surface area (Å²) in [5.41, 5.74) is 4.83. The zero-order valence-corrected chi connectivity index (χ0v) is 17.2. The molecule has 2 aromatic heterocycles. The van der Waals surface area contributed by atoms with Crippen LogP contribution in [0.3, 0.4) is 0 Å². The summed E-state index contributed by atoms with van der Waals surface area (Å²) in [5.74, 6) is 1.95. The molecule has 1 aromatic carbocycles. The van der Waals surface area contributed by atoms with E-state index >= 15 is 0 Å². The minimum Gasteiger partial charge on any atom is -0.356 e. The maximum atomic E-state index is 12.9. The van der Waals surface area contributed by atoms with Gasteiger partial charge in [-0.05, 0) is 45.7 Å². The summed E-state index contributed by atoms with van der Waals surface area (Å²) >= 11 is 0. The summed E-state index contributed by atoms with van der Waals surface area (Å²) in [6, 6.07) is 13.7. The van der Waals surface area contributed by atoms with E-state index in [-0.39, 0.29) is 11.7 Å². The van der Waals surface area contributed by atoms with Crippen molar-refractivity contribution >= 4 is 11.6 Å². The number of hydrogen-bond donors (Lipinski definition) is 0. The summed E-state index contributed by atoms with van der Waals surface area (Å²) in [5, 5.41) is 0. The molecule has 4 rings (SSSR count). The SMILES string of the molecule is Cc1ccc(C(=O)C2CCN(c3nc(-c4ccccn4)nc(C)c3C)CC2)cc1. The first kappa shape index (κ1) is 19.2. The second-order valence-corrected chi connectivity index (χ2v) is 7.79. The van der Waals surface area contributed by atoms with Crippen LogP contribution in [0.15, 0.2) is 48.7 Å². The predicted molar refractivity (Wildman–Crippen MR) is 115 cm³/mol. The molecule has 3 aromatic rings. The van der Waals surface area contributed by atoms with Gasteiger partial charge in [-0.2, -0.15) is 0 Å². The Morgan fingerprint density at radius 3 is 2.34 bits per heavy atom. The van der Waals surface area contributed by atoms with Crippen molar-refractivity contribution < 1.29 is 4.79 Å². The molecule has 0 atom stereocenters. The van der Waals surface area contributed by atoms with Gasteiger partial charge in [-0.3, -0.25) is 9.78 Å². The number of hydrogen-bond acceptors (Lipinski definition) is 5. The molecule has 0 bridgehead atoms. The maximum absolute atomic E-state index is 12.9. The van der Waals surface area contributed by atoms with Crippen molar-refractivity contribution in [2.75, 3.05) is 18.0 Å². The van der Waals surface area contributed by atoms with Crippen LogP contribution in [-0.2, 0) is 0 Å². The van der Waals surface area contributed by atoms with Crippen molar-refractivity contribution in [3.05, 3.63) is 71.0 Å². The Bertz CT molecular complexity index is 1010. The molecule has 1 aliphatic heterocycles. The summed E-state index contributed by atoms with van der Waals surface area (Å²) in [6.07, 6.45) is 3.44. The Balaban J connectivity index is 1.52. The Morgan fingerprint density at radius 1 is 0.966 bits per heavy atom. The third kappa shape index (κ3) is 4.04. The number of carbonyl (C=O) groups is 1. The zero-order valence-electron chi connectivity index (χ0n) is 17.2. The molecule has 1 aliphatic rings. The van der Waals surface area contributed by atoms with Gasteiger partial charge in [0.15, 0.2) is 11.6 Å². The normalized spacial score (nSPS) is 14.8. The van der Waals surface area contributed by atoms with Gasteiger partial charge in [0.25, 0.3) is 0 Å². The fourth-order valence-electron chi connectivity index (χ4n) is 3.84. The Kier molecular flexibility index (Phi) is 5.38. The molecule has 3 heterocycles. The van der Waals surface area contributed by atoms with Crippen LogP contribution < -0.4 is 4.90 Å². The van der Waals surface area contributed by atoms with Gasteiger partial charge in [-0.1, -0.05) is 35.9 Å². The van der Waals surface area contributed by atoms with Crippen molar-refractivity contribution in [3.63, 3.8) is 0 Å². The summed E-state index contributed by atoms with van der Waals surface area (Å²) < 4.78 is 0. The number of pyridine rings is 1. The standard InChI is InChI=1S/C24H26N4O/c1-16-7-9-19(10-8-16)22(29)20-11-14-28(15-12-20)24-17(2)18(3)26-23(27-24)21-6-4-5-13-25-21/h4-10,13,20H,11-12,14-15H2,1-3H3. The molecular formula is C24H26N4O. The quantitative estimate of drug-likeness (QED) is 0.615. The van der Waals surface area contributed by atoms with Gasteiger partial charge in [0.1, 0.15) is 11.5 Å². The molecule has 1 fully saturated rings. The zero-order chi connectivity index (χ0) is 20.4. The van der Waals surface area contributed by atoms with Crippen LogP contribution in [0.5, 0.6) is 0 Å². The van der Waals surface area contributed by atoms with Crippen LogP contribution in [0.2, 0.25) is 0 Å². The highest BCUT2D eigenvalue weighted by Gasteiger charge is 2.27. The highest BCUT2D eigenvalue weighted by Crippen LogP contribution is 2.29. The first-order valence-corrected chi connectivity index (χ1v) is 10.2. The van der Waals surface area contributed by atoms with E-state index in [4.69, 9.17) is 4.98 Å². The van der Waals surface area contributed by atoms with Gasteiger partial charge in [0, 0.05) is 42.0 Å². The number of anilines is 1. The fourth-order valence-corrected chi connectivity index (χ4v) is 3.84. The topological polar surface area (TPSA) is 59.0 Å². The third-order valence-electron chi connectivity index (χ3n) is 5.76. The van der Waals surface area contributed by atoms with Crippen molar-refractivity contribution in [1.29, 1.82) is 0 Å². The van der Waals surface area contributed by atoms with Crippen LogP contribution >= 0.6 is 0 Å². The molecule has 5 heteroatoms. The number of rotatable bonds is 4. The molecule has 1 saturated heterocycles. The molecule has 0 saturated carbocycles. The molecule has 5 nitrogen and oxygen atoms in total. The van der Waals surface area contributed by atoms with Gasteiger partial charge in [0.05, 0.1) is 0 Å². The van der Waals surface area contributed by atoms with Crippen molar-refractivity contribution in [1.82, 2.24) is 15.0 Å². The second-order valence-electron chi connectivity index (χ2n) is 7.79. The lowest BCUT2D eigenvalue weighted by atomic mass is 9.88. The van der Waals surface area contributed by atoms with E-state index in [9.17, 15) is 4.79 Å². The molecule has 0 aliphatic carbocycles. The Hall–Kier alpha value is -3.08. The van der Waals surface area contributed by atoms with Gasteiger partial charge in [-0.15, -0.1) is 0 Å². The number of ketones is 1. The van der Waals surface area contributed by atoms with E-state index in [2.05, 4.69) is 21.8 Å². The van der Waals surface area contributed by atoms with Crippen molar-refractivity contribution in [2.45, 2.75) is 33.6 Å². The lowest BCUT2D eigenvalue weighted by Gasteiger charge is -2.33. The first-order valence-electron chi connectivity index (χ1n) is 10.2. The minimum atomic E-state index is 0.0763. The number of aromatic nitrogens is 3. The highest BCUT2D eigenvalue weighted by molar-refractivity contribution is 5.98. The number of piperidine rings is 1. The van der Waals surface area contributed by atoms with E-state index in [0.717, 1.165) is 54.3 Å². The van der Waals surface area contributed by atoms with E-state index in [1.54, 1.807) is 6.20 Å². The van der Waals surface area contributed by atoms with Gasteiger partial charge < -0.3 is 4.90 Å². The largest absolute Gasteiger partial charge is 0.356 e. The molecule has 0 radical (unpaired) electrons. The van der Waals surface area contributed by atoms with Crippen LogP contribution in [0.4, 0.5) is 5.82 Å². The molecular weight excluding hydrogens is 360 g/mol. The highest BCUT2D eigenvalue weighted by atomic mass is 16.1. The van der Waals surface area contributed by atoms with E-state index in [0.29, 0.717) is 5.82 Å². The lowest BCUT2D eigenvalue weighted by Crippen LogP contribution is -2.37. The summed E-state index contributed by atoms with van der Waals surface area (Å²) in [7, 11) is 0. The smallest absolute Gasteiger partial charge is 0.180 e. The fraction of sp³-hybridized carbons (Fsp3) is 0.333. The number of Topliss-reactive ketones (excluding diaryl/α,β-unsaturated/α-hetero) is 1. The van der Waals surface area contributed by atoms with Crippen molar-refractivity contribution in [3.8, 4) is 11.5 Å². The van der Waals surface area contributed by atoms with E-state index in [1.807, 2.05) is 56.3 Å². The first-order chi connectivity index (χ1) is 14.0. The molecule has 148 valence electrons. The summed E-state index contributed by atoms with van der Waals surface area (Å²) in [6.45, 7) is 7.76. The molecule has 0 amide bonds. The van der Waals surface area contributed by atoms with Crippen LogP contribution in [0.25, 0.3) is 11.5 Å². The Labute approximate surface area is 171 Å². The van der Waals surface area contributed by atoms with Crippen LogP contribution in [0, 0.1) is 26.7 Å². The monoisotopic (exact) mass is 386 g/mol. The Morgan fingerprint density at radius 2 is 1.69 bits per heavy atom. The van der Waals surface area contributed by atoms with E-state index < -0.39 is 0 Å². The molecule has 29 heavy (non-hydrogen) atoms. The number of carbonyl (C=O) groups excluding carboxylic acids is 1.